The third-order valence-corrected chi connectivity index (χ3v) is 4.37. The number of halogens is 1. The first-order chi connectivity index (χ1) is 10.3. The fourth-order valence-corrected chi connectivity index (χ4v) is 3.08. The highest BCUT2D eigenvalue weighted by molar-refractivity contribution is 6.30. The Morgan fingerprint density at radius 3 is 2.57 bits per heavy atom. The molecule has 1 aliphatic rings. The van der Waals surface area contributed by atoms with Crippen LogP contribution in [-0.2, 0) is 0 Å². The third kappa shape index (κ3) is 3.44. The standard InChI is InChI=1S/C16H20ClN3O/c1-2-18-14-9-5-12(6-10-14)16-19-15(20-21-16)11-3-7-13(17)8-4-11/h3-4,7-8,12,14,18H,2,5-6,9-10H2,1H3. The Morgan fingerprint density at radius 2 is 1.90 bits per heavy atom. The van der Waals surface area contributed by atoms with Crippen LogP contribution in [-0.4, -0.2) is 22.7 Å². The van der Waals surface area contributed by atoms with E-state index in [1.54, 1.807) is 0 Å². The van der Waals surface area contributed by atoms with E-state index in [-0.39, 0.29) is 0 Å². The largest absolute Gasteiger partial charge is 0.339 e. The van der Waals surface area contributed by atoms with Gasteiger partial charge in [0.15, 0.2) is 0 Å². The molecule has 0 saturated heterocycles. The summed E-state index contributed by atoms with van der Waals surface area (Å²) in [5.74, 6) is 1.82. The minimum absolute atomic E-state index is 0.397. The molecule has 0 spiro atoms. The summed E-state index contributed by atoms with van der Waals surface area (Å²) in [5, 5.41) is 8.33. The molecule has 112 valence electrons. The summed E-state index contributed by atoms with van der Waals surface area (Å²) in [6.45, 7) is 3.19. The molecule has 0 atom stereocenters. The van der Waals surface area contributed by atoms with E-state index in [9.17, 15) is 0 Å². The number of rotatable bonds is 4. The molecule has 0 amide bonds. The lowest BCUT2D eigenvalue weighted by atomic mass is 9.86. The molecule has 1 heterocycles. The summed E-state index contributed by atoms with van der Waals surface area (Å²) in [6, 6.07) is 8.16. The van der Waals surface area contributed by atoms with Crippen LogP contribution in [0.4, 0.5) is 0 Å². The van der Waals surface area contributed by atoms with Gasteiger partial charge in [0.25, 0.3) is 0 Å². The van der Waals surface area contributed by atoms with Crippen molar-refractivity contribution < 1.29 is 4.52 Å². The normalized spacial score (nSPS) is 22.4. The van der Waals surface area contributed by atoms with E-state index < -0.39 is 0 Å². The van der Waals surface area contributed by atoms with Crippen LogP contribution in [0, 0.1) is 0 Å². The van der Waals surface area contributed by atoms with Crippen molar-refractivity contribution in [1.82, 2.24) is 15.5 Å². The molecule has 0 radical (unpaired) electrons. The van der Waals surface area contributed by atoms with Gasteiger partial charge >= 0.3 is 0 Å². The van der Waals surface area contributed by atoms with Crippen molar-refractivity contribution in [2.45, 2.75) is 44.6 Å². The van der Waals surface area contributed by atoms with Crippen LogP contribution in [0.5, 0.6) is 0 Å². The Kier molecular flexibility index (Phi) is 4.56. The quantitative estimate of drug-likeness (QED) is 0.926. The minimum Gasteiger partial charge on any atom is -0.339 e. The van der Waals surface area contributed by atoms with E-state index in [2.05, 4.69) is 22.4 Å². The summed E-state index contributed by atoms with van der Waals surface area (Å²) in [7, 11) is 0. The van der Waals surface area contributed by atoms with Crippen LogP contribution in [0.25, 0.3) is 11.4 Å². The van der Waals surface area contributed by atoms with E-state index >= 15 is 0 Å². The second-order valence-corrected chi connectivity index (χ2v) is 6.01. The zero-order chi connectivity index (χ0) is 14.7. The third-order valence-electron chi connectivity index (χ3n) is 4.11. The Bertz CT molecular complexity index is 573. The molecule has 1 saturated carbocycles. The van der Waals surface area contributed by atoms with Crippen molar-refractivity contribution in [1.29, 1.82) is 0 Å². The van der Waals surface area contributed by atoms with Gasteiger partial charge in [0.1, 0.15) is 0 Å². The lowest BCUT2D eigenvalue weighted by molar-refractivity contribution is 0.285. The van der Waals surface area contributed by atoms with Crippen LogP contribution in [0.2, 0.25) is 5.02 Å². The maximum absolute atomic E-state index is 5.90. The first kappa shape index (κ1) is 14.5. The molecule has 5 heteroatoms. The lowest BCUT2D eigenvalue weighted by Crippen LogP contribution is -2.32. The fraction of sp³-hybridized carbons (Fsp3) is 0.500. The fourth-order valence-electron chi connectivity index (χ4n) is 2.95. The van der Waals surface area contributed by atoms with E-state index in [1.807, 2.05) is 24.3 Å². The number of hydrogen-bond acceptors (Lipinski definition) is 4. The monoisotopic (exact) mass is 305 g/mol. The van der Waals surface area contributed by atoms with Gasteiger partial charge in [-0.25, -0.2) is 0 Å². The van der Waals surface area contributed by atoms with E-state index in [0.717, 1.165) is 30.8 Å². The molecule has 0 aliphatic heterocycles. The van der Waals surface area contributed by atoms with Crippen LogP contribution in [0.1, 0.15) is 44.4 Å². The summed E-state index contributed by atoms with van der Waals surface area (Å²) >= 11 is 5.90. The average Bonchev–Trinajstić information content (AvgIpc) is 2.99. The van der Waals surface area contributed by atoms with Crippen LogP contribution in [0.3, 0.4) is 0 Å². The van der Waals surface area contributed by atoms with Gasteiger partial charge < -0.3 is 9.84 Å². The van der Waals surface area contributed by atoms with Crippen LogP contribution >= 0.6 is 11.6 Å². The van der Waals surface area contributed by atoms with Crippen molar-refractivity contribution in [2.75, 3.05) is 6.54 Å². The van der Waals surface area contributed by atoms with Gasteiger partial charge in [0.2, 0.25) is 11.7 Å². The van der Waals surface area contributed by atoms with Crippen molar-refractivity contribution >= 4 is 11.6 Å². The van der Waals surface area contributed by atoms with Crippen LogP contribution < -0.4 is 5.32 Å². The summed E-state index contributed by atoms with van der Waals surface area (Å²) in [4.78, 5) is 4.56. The van der Waals surface area contributed by atoms with Gasteiger partial charge in [-0.15, -0.1) is 0 Å². The van der Waals surface area contributed by atoms with Crippen molar-refractivity contribution in [3.8, 4) is 11.4 Å². The maximum atomic E-state index is 5.90. The molecule has 0 unspecified atom stereocenters. The van der Waals surface area contributed by atoms with Gasteiger partial charge in [-0.1, -0.05) is 23.7 Å². The van der Waals surface area contributed by atoms with Crippen molar-refractivity contribution in [2.24, 2.45) is 0 Å². The molecule has 0 bridgehead atoms. The summed E-state index contributed by atoms with van der Waals surface area (Å²) in [5.41, 5.74) is 0.940. The molecule has 1 aliphatic carbocycles. The SMILES string of the molecule is CCNC1CCC(c2nc(-c3ccc(Cl)cc3)no2)CC1. The minimum atomic E-state index is 0.397. The van der Waals surface area contributed by atoms with Gasteiger partial charge in [-0.3, -0.25) is 0 Å². The summed E-state index contributed by atoms with van der Waals surface area (Å²) in [6.07, 6.45) is 4.58. The lowest BCUT2D eigenvalue weighted by Gasteiger charge is -2.26. The zero-order valence-corrected chi connectivity index (χ0v) is 12.9. The van der Waals surface area contributed by atoms with Gasteiger partial charge in [-0.05, 0) is 56.5 Å². The molecule has 1 fully saturated rings. The molecular formula is C16H20ClN3O. The molecule has 3 rings (SSSR count). The Hall–Kier alpha value is -1.39. The first-order valence-electron chi connectivity index (χ1n) is 7.59. The molecule has 2 aromatic rings. The van der Waals surface area contributed by atoms with Gasteiger partial charge in [0, 0.05) is 22.5 Å². The number of hydrogen-bond donors (Lipinski definition) is 1. The smallest absolute Gasteiger partial charge is 0.230 e. The molecular weight excluding hydrogens is 286 g/mol. The van der Waals surface area contributed by atoms with Gasteiger partial charge in [-0.2, -0.15) is 4.98 Å². The second-order valence-electron chi connectivity index (χ2n) is 5.57. The zero-order valence-electron chi connectivity index (χ0n) is 12.2. The van der Waals surface area contributed by atoms with E-state index in [1.165, 1.54) is 12.8 Å². The predicted molar refractivity (Wildman–Crippen MR) is 83.4 cm³/mol. The number of benzene rings is 1. The van der Waals surface area contributed by atoms with Crippen molar-refractivity contribution in [3.05, 3.63) is 35.2 Å². The number of nitrogens with one attached hydrogen (secondary N) is 1. The van der Waals surface area contributed by atoms with Crippen LogP contribution in [0.15, 0.2) is 28.8 Å². The number of nitrogens with zero attached hydrogens (tertiary/aromatic N) is 2. The van der Waals surface area contributed by atoms with Crippen molar-refractivity contribution in [3.63, 3.8) is 0 Å². The molecule has 1 N–H and O–H groups in total. The average molecular weight is 306 g/mol. The Morgan fingerprint density at radius 1 is 1.19 bits per heavy atom. The Balaban J connectivity index is 1.67. The molecule has 4 nitrogen and oxygen atoms in total. The topological polar surface area (TPSA) is 51.0 Å². The highest BCUT2D eigenvalue weighted by Crippen LogP contribution is 2.33. The molecule has 1 aromatic heterocycles. The highest BCUT2D eigenvalue weighted by atomic mass is 35.5. The molecule has 21 heavy (non-hydrogen) atoms. The summed E-state index contributed by atoms with van der Waals surface area (Å²) < 4.78 is 5.47. The Labute approximate surface area is 129 Å². The second kappa shape index (κ2) is 6.58. The predicted octanol–water partition coefficient (Wildman–Crippen LogP) is 4.03. The molecule has 1 aromatic carbocycles. The first-order valence-corrected chi connectivity index (χ1v) is 7.97. The van der Waals surface area contributed by atoms with E-state index in [4.69, 9.17) is 16.1 Å². The van der Waals surface area contributed by atoms with E-state index in [0.29, 0.717) is 22.8 Å². The van der Waals surface area contributed by atoms with Gasteiger partial charge in [0.05, 0.1) is 0 Å². The maximum Gasteiger partial charge on any atom is 0.230 e. The highest BCUT2D eigenvalue weighted by Gasteiger charge is 2.26. The number of aromatic nitrogens is 2.